The molecular weight excluding hydrogens is 242 g/mol. The van der Waals surface area contributed by atoms with Crippen molar-refractivity contribution in [2.45, 2.75) is 19.3 Å². The van der Waals surface area contributed by atoms with Gasteiger partial charge in [0.15, 0.2) is 5.78 Å². The van der Waals surface area contributed by atoms with E-state index >= 15 is 0 Å². The molecule has 0 bridgehead atoms. The molecule has 1 aromatic carbocycles. The molecule has 0 aliphatic heterocycles. The fourth-order valence-corrected chi connectivity index (χ4v) is 2.07. The number of halogens is 1. The lowest BCUT2D eigenvalue weighted by molar-refractivity contribution is 0.0975. The summed E-state index contributed by atoms with van der Waals surface area (Å²) in [4.78, 5) is 11.8. The Hall–Kier alpha value is -0.830. The van der Waals surface area contributed by atoms with Gasteiger partial charge in [-0.1, -0.05) is 0 Å². The van der Waals surface area contributed by atoms with Crippen LogP contribution in [0.2, 0.25) is 0 Å². The molecule has 1 aromatic rings. The molecule has 74 valence electrons. The summed E-state index contributed by atoms with van der Waals surface area (Å²) in [5.41, 5.74) is 7.04. The maximum absolute atomic E-state index is 11.8. The number of hydrogen-bond acceptors (Lipinski definition) is 2. The molecule has 3 heteroatoms. The van der Waals surface area contributed by atoms with Crippen LogP contribution in [-0.2, 0) is 0 Å². The first-order chi connectivity index (χ1) is 6.66. The fraction of sp³-hybridized carbons (Fsp3) is 0.364. The lowest BCUT2D eigenvalue weighted by Crippen LogP contribution is -2.01. The molecule has 0 atom stereocenters. The number of nitrogen functional groups attached to an aromatic ring is 1. The molecule has 14 heavy (non-hydrogen) atoms. The SMILES string of the molecule is Nc1ccc(C(=O)CC2CC2)c(Br)c1. The zero-order valence-electron chi connectivity index (χ0n) is 7.79. The Kier molecular flexibility index (Phi) is 2.59. The highest BCUT2D eigenvalue weighted by molar-refractivity contribution is 9.10. The predicted molar refractivity (Wildman–Crippen MR) is 60.2 cm³/mol. The third kappa shape index (κ3) is 2.15. The third-order valence-corrected chi connectivity index (χ3v) is 3.12. The van der Waals surface area contributed by atoms with Gasteiger partial charge in [0.25, 0.3) is 0 Å². The van der Waals surface area contributed by atoms with E-state index in [2.05, 4.69) is 15.9 Å². The second-order valence-corrected chi connectivity index (χ2v) is 4.66. The molecule has 1 fully saturated rings. The zero-order chi connectivity index (χ0) is 10.1. The summed E-state index contributed by atoms with van der Waals surface area (Å²) >= 11 is 3.36. The predicted octanol–water partition coefficient (Wildman–Crippen LogP) is 3.01. The number of anilines is 1. The summed E-state index contributed by atoms with van der Waals surface area (Å²) in [6, 6.07) is 5.34. The van der Waals surface area contributed by atoms with Gasteiger partial charge in [-0.3, -0.25) is 4.79 Å². The first kappa shape index (κ1) is 9.71. The molecule has 0 unspecified atom stereocenters. The van der Waals surface area contributed by atoms with Crippen LogP contribution in [0.3, 0.4) is 0 Å². The maximum Gasteiger partial charge on any atom is 0.164 e. The van der Waals surface area contributed by atoms with Crippen LogP contribution in [0.4, 0.5) is 5.69 Å². The fourth-order valence-electron chi connectivity index (χ4n) is 1.45. The minimum Gasteiger partial charge on any atom is -0.399 e. The van der Waals surface area contributed by atoms with Crippen LogP contribution in [0.5, 0.6) is 0 Å². The molecule has 1 aliphatic carbocycles. The summed E-state index contributed by atoms with van der Waals surface area (Å²) in [6.07, 6.45) is 3.10. The largest absolute Gasteiger partial charge is 0.399 e. The molecule has 2 rings (SSSR count). The van der Waals surface area contributed by atoms with E-state index in [0.29, 0.717) is 18.0 Å². The first-order valence-electron chi connectivity index (χ1n) is 4.75. The zero-order valence-corrected chi connectivity index (χ0v) is 9.38. The second-order valence-electron chi connectivity index (χ2n) is 3.81. The molecular formula is C11H12BrNO. The van der Waals surface area contributed by atoms with Crippen molar-refractivity contribution in [2.75, 3.05) is 5.73 Å². The van der Waals surface area contributed by atoms with Gasteiger partial charge in [0.05, 0.1) is 0 Å². The van der Waals surface area contributed by atoms with Crippen molar-refractivity contribution in [3.05, 3.63) is 28.2 Å². The molecule has 1 aliphatic rings. The lowest BCUT2D eigenvalue weighted by atomic mass is 10.1. The molecule has 0 saturated heterocycles. The number of ketones is 1. The minimum atomic E-state index is 0.222. The standard InChI is InChI=1S/C11H12BrNO/c12-10-6-8(13)3-4-9(10)11(14)5-7-1-2-7/h3-4,6-7H,1-2,5,13H2. The highest BCUT2D eigenvalue weighted by Crippen LogP contribution is 2.34. The number of nitrogens with two attached hydrogens (primary N) is 1. The summed E-state index contributed by atoms with van der Waals surface area (Å²) in [5.74, 6) is 0.853. The van der Waals surface area contributed by atoms with Crippen molar-refractivity contribution in [3.8, 4) is 0 Å². The Labute approximate surface area is 91.6 Å². The van der Waals surface area contributed by atoms with E-state index < -0.39 is 0 Å². The van der Waals surface area contributed by atoms with Crippen molar-refractivity contribution >= 4 is 27.4 Å². The Morgan fingerprint density at radius 1 is 1.50 bits per heavy atom. The second kappa shape index (κ2) is 3.73. The van der Waals surface area contributed by atoms with E-state index in [1.54, 1.807) is 18.2 Å². The lowest BCUT2D eigenvalue weighted by Gasteiger charge is -2.03. The van der Waals surface area contributed by atoms with Crippen molar-refractivity contribution in [2.24, 2.45) is 5.92 Å². The average molecular weight is 254 g/mol. The van der Waals surface area contributed by atoms with Crippen LogP contribution in [0.1, 0.15) is 29.6 Å². The quantitative estimate of drug-likeness (QED) is 0.665. The summed E-state index contributed by atoms with van der Waals surface area (Å²) < 4.78 is 0.808. The maximum atomic E-state index is 11.8. The monoisotopic (exact) mass is 253 g/mol. The van der Waals surface area contributed by atoms with Crippen LogP contribution in [0.15, 0.2) is 22.7 Å². The van der Waals surface area contributed by atoms with Crippen LogP contribution >= 0.6 is 15.9 Å². The molecule has 0 amide bonds. The summed E-state index contributed by atoms with van der Waals surface area (Å²) in [6.45, 7) is 0. The number of hydrogen-bond donors (Lipinski definition) is 1. The van der Waals surface area contributed by atoms with E-state index in [1.165, 1.54) is 12.8 Å². The van der Waals surface area contributed by atoms with Gasteiger partial charge in [-0.25, -0.2) is 0 Å². The molecule has 0 aromatic heterocycles. The van der Waals surface area contributed by atoms with Gasteiger partial charge in [0.2, 0.25) is 0 Å². The van der Waals surface area contributed by atoms with Gasteiger partial charge in [-0.05, 0) is 52.9 Å². The van der Waals surface area contributed by atoms with E-state index in [4.69, 9.17) is 5.73 Å². The average Bonchev–Trinajstić information content (AvgIpc) is 2.87. The first-order valence-corrected chi connectivity index (χ1v) is 5.54. The smallest absolute Gasteiger partial charge is 0.164 e. The van der Waals surface area contributed by atoms with Gasteiger partial charge in [0, 0.05) is 22.1 Å². The summed E-state index contributed by atoms with van der Waals surface area (Å²) in [7, 11) is 0. The van der Waals surface area contributed by atoms with E-state index in [9.17, 15) is 4.79 Å². The van der Waals surface area contributed by atoms with E-state index in [0.717, 1.165) is 10.0 Å². The van der Waals surface area contributed by atoms with Crippen molar-refractivity contribution in [1.82, 2.24) is 0 Å². The van der Waals surface area contributed by atoms with Crippen LogP contribution in [-0.4, -0.2) is 5.78 Å². The van der Waals surface area contributed by atoms with Gasteiger partial charge in [0.1, 0.15) is 0 Å². The highest BCUT2D eigenvalue weighted by atomic mass is 79.9. The Morgan fingerprint density at radius 2 is 2.21 bits per heavy atom. The Balaban J connectivity index is 2.17. The number of Topliss-reactive ketones (excluding diaryl/α,β-unsaturated/α-hetero) is 1. The number of rotatable bonds is 3. The van der Waals surface area contributed by atoms with Gasteiger partial charge in [-0.15, -0.1) is 0 Å². The highest BCUT2D eigenvalue weighted by Gasteiger charge is 2.25. The van der Waals surface area contributed by atoms with Crippen LogP contribution in [0.25, 0.3) is 0 Å². The van der Waals surface area contributed by atoms with E-state index in [1.807, 2.05) is 0 Å². The van der Waals surface area contributed by atoms with Gasteiger partial charge in [-0.2, -0.15) is 0 Å². The number of benzene rings is 1. The number of carbonyl (C=O) groups excluding carboxylic acids is 1. The van der Waals surface area contributed by atoms with Gasteiger partial charge < -0.3 is 5.73 Å². The molecule has 0 heterocycles. The Morgan fingerprint density at radius 3 is 2.79 bits per heavy atom. The topological polar surface area (TPSA) is 43.1 Å². The third-order valence-electron chi connectivity index (χ3n) is 2.46. The summed E-state index contributed by atoms with van der Waals surface area (Å²) in [5, 5.41) is 0. The number of carbonyl (C=O) groups is 1. The van der Waals surface area contributed by atoms with Crippen molar-refractivity contribution < 1.29 is 4.79 Å². The molecule has 2 N–H and O–H groups in total. The van der Waals surface area contributed by atoms with Crippen molar-refractivity contribution in [3.63, 3.8) is 0 Å². The van der Waals surface area contributed by atoms with Crippen molar-refractivity contribution in [1.29, 1.82) is 0 Å². The Bertz CT molecular complexity index is 372. The molecule has 2 nitrogen and oxygen atoms in total. The molecule has 0 radical (unpaired) electrons. The van der Waals surface area contributed by atoms with Crippen LogP contribution < -0.4 is 5.73 Å². The van der Waals surface area contributed by atoms with Crippen LogP contribution in [0, 0.1) is 5.92 Å². The van der Waals surface area contributed by atoms with Gasteiger partial charge >= 0.3 is 0 Å². The molecule has 0 spiro atoms. The van der Waals surface area contributed by atoms with E-state index in [-0.39, 0.29) is 5.78 Å². The minimum absolute atomic E-state index is 0.222. The molecule has 1 saturated carbocycles. The normalized spacial score (nSPS) is 15.5.